The Bertz CT molecular complexity index is 774. The monoisotopic (exact) mass is 354 g/mol. The van der Waals surface area contributed by atoms with Crippen molar-refractivity contribution in [1.29, 1.82) is 0 Å². The summed E-state index contributed by atoms with van der Waals surface area (Å²) in [6.45, 7) is 4.61. The van der Waals surface area contributed by atoms with Crippen LogP contribution in [0.3, 0.4) is 0 Å². The van der Waals surface area contributed by atoms with E-state index in [4.69, 9.17) is 0 Å². The first-order chi connectivity index (χ1) is 12.5. The van der Waals surface area contributed by atoms with E-state index in [1.165, 1.54) is 12.1 Å². The molecule has 2 aromatic rings. The lowest BCUT2D eigenvalue weighted by Crippen LogP contribution is -2.39. The molecule has 1 N–H and O–H groups in total. The molecule has 2 amide bonds. The minimum Gasteiger partial charge on any atom is -0.354 e. The van der Waals surface area contributed by atoms with Gasteiger partial charge >= 0.3 is 0 Å². The maximum atomic E-state index is 13.3. The average molecular weight is 354 g/mol. The van der Waals surface area contributed by atoms with Gasteiger partial charge in [-0.15, -0.1) is 0 Å². The van der Waals surface area contributed by atoms with Crippen molar-refractivity contribution in [2.75, 3.05) is 13.1 Å². The second-order valence-corrected chi connectivity index (χ2v) is 7.00. The molecule has 1 aliphatic rings. The number of amides is 2. The third-order valence-corrected chi connectivity index (χ3v) is 4.69. The smallest absolute Gasteiger partial charge is 0.253 e. The van der Waals surface area contributed by atoms with E-state index in [1.807, 2.05) is 32.0 Å². The standard InChI is InChI=1S/C21H23FN2O2/c1-14(2)23-20(25)19-13-24(21(26)16-6-4-3-5-7-16)12-18(19)15-8-10-17(22)11-9-15/h3-11,14,18-19H,12-13H2,1-2H3,(H,23,25). The first kappa shape index (κ1) is 18.1. The van der Waals surface area contributed by atoms with Gasteiger partial charge in [-0.2, -0.15) is 0 Å². The molecule has 136 valence electrons. The summed E-state index contributed by atoms with van der Waals surface area (Å²) in [6.07, 6.45) is 0. The van der Waals surface area contributed by atoms with Crippen LogP contribution in [0.15, 0.2) is 54.6 Å². The van der Waals surface area contributed by atoms with E-state index in [-0.39, 0.29) is 35.5 Å². The molecule has 3 rings (SSSR count). The molecule has 0 spiro atoms. The minimum absolute atomic E-state index is 0.0234. The Morgan fingerprint density at radius 1 is 1.04 bits per heavy atom. The predicted octanol–water partition coefficient (Wildman–Crippen LogP) is 3.21. The Balaban J connectivity index is 1.86. The first-order valence-electron chi connectivity index (χ1n) is 8.86. The molecule has 2 atom stereocenters. The number of rotatable bonds is 4. The zero-order chi connectivity index (χ0) is 18.7. The van der Waals surface area contributed by atoms with Crippen molar-refractivity contribution in [3.05, 3.63) is 71.5 Å². The predicted molar refractivity (Wildman–Crippen MR) is 98.3 cm³/mol. The fourth-order valence-corrected chi connectivity index (χ4v) is 3.44. The maximum Gasteiger partial charge on any atom is 0.253 e. The summed E-state index contributed by atoms with van der Waals surface area (Å²) in [5.74, 6) is -0.972. The summed E-state index contributed by atoms with van der Waals surface area (Å²) in [5, 5.41) is 2.94. The summed E-state index contributed by atoms with van der Waals surface area (Å²) in [6, 6.07) is 15.3. The van der Waals surface area contributed by atoms with Gasteiger partial charge in [-0.25, -0.2) is 4.39 Å². The van der Waals surface area contributed by atoms with E-state index >= 15 is 0 Å². The number of hydrogen-bond donors (Lipinski definition) is 1. The Morgan fingerprint density at radius 3 is 2.31 bits per heavy atom. The van der Waals surface area contributed by atoms with E-state index in [1.54, 1.807) is 29.2 Å². The van der Waals surface area contributed by atoms with Crippen molar-refractivity contribution in [2.24, 2.45) is 5.92 Å². The molecule has 1 saturated heterocycles. The molecule has 1 fully saturated rings. The Kier molecular flexibility index (Phi) is 5.35. The highest BCUT2D eigenvalue weighted by Crippen LogP contribution is 2.34. The molecule has 1 aliphatic heterocycles. The molecule has 2 unspecified atom stereocenters. The topological polar surface area (TPSA) is 49.4 Å². The lowest BCUT2D eigenvalue weighted by molar-refractivity contribution is -0.125. The molecule has 4 nitrogen and oxygen atoms in total. The van der Waals surface area contributed by atoms with Crippen LogP contribution in [-0.4, -0.2) is 35.8 Å². The average Bonchev–Trinajstić information content (AvgIpc) is 3.07. The van der Waals surface area contributed by atoms with Crippen molar-refractivity contribution in [3.8, 4) is 0 Å². The number of nitrogens with one attached hydrogen (secondary N) is 1. The van der Waals surface area contributed by atoms with Gasteiger partial charge < -0.3 is 10.2 Å². The number of carbonyl (C=O) groups excluding carboxylic acids is 2. The van der Waals surface area contributed by atoms with Gasteiger partial charge in [-0.05, 0) is 43.7 Å². The third kappa shape index (κ3) is 3.93. The number of benzene rings is 2. The van der Waals surface area contributed by atoms with E-state index in [0.717, 1.165) is 5.56 Å². The molecule has 2 aromatic carbocycles. The van der Waals surface area contributed by atoms with Gasteiger partial charge in [0, 0.05) is 30.6 Å². The lowest BCUT2D eigenvalue weighted by Gasteiger charge is -2.19. The molecule has 0 aliphatic carbocycles. The number of halogens is 1. The molecule has 0 bridgehead atoms. The van der Waals surface area contributed by atoms with Gasteiger partial charge in [0.25, 0.3) is 5.91 Å². The molecule has 0 saturated carbocycles. The largest absolute Gasteiger partial charge is 0.354 e. The van der Waals surface area contributed by atoms with Crippen molar-refractivity contribution in [2.45, 2.75) is 25.8 Å². The highest BCUT2D eigenvalue weighted by atomic mass is 19.1. The van der Waals surface area contributed by atoms with Crippen LogP contribution in [0.2, 0.25) is 0 Å². The normalized spacial score (nSPS) is 19.6. The van der Waals surface area contributed by atoms with Crippen LogP contribution in [0.25, 0.3) is 0 Å². The molecule has 1 heterocycles. The highest BCUT2D eigenvalue weighted by molar-refractivity contribution is 5.95. The molecule has 0 radical (unpaired) electrons. The van der Waals surface area contributed by atoms with Crippen molar-refractivity contribution in [1.82, 2.24) is 10.2 Å². The summed E-state index contributed by atoms with van der Waals surface area (Å²) in [7, 11) is 0. The zero-order valence-corrected chi connectivity index (χ0v) is 15.0. The molecular weight excluding hydrogens is 331 g/mol. The van der Waals surface area contributed by atoms with Gasteiger partial charge in [0.05, 0.1) is 5.92 Å². The van der Waals surface area contributed by atoms with Crippen LogP contribution < -0.4 is 5.32 Å². The minimum atomic E-state index is -0.351. The summed E-state index contributed by atoms with van der Waals surface area (Å²) in [5.41, 5.74) is 1.48. The Labute approximate surface area is 153 Å². The summed E-state index contributed by atoms with van der Waals surface area (Å²) in [4.78, 5) is 27.2. The maximum absolute atomic E-state index is 13.3. The number of hydrogen-bond acceptors (Lipinski definition) is 2. The fraction of sp³-hybridized carbons (Fsp3) is 0.333. The molecule has 5 heteroatoms. The van der Waals surface area contributed by atoms with Crippen molar-refractivity contribution >= 4 is 11.8 Å². The lowest BCUT2D eigenvalue weighted by atomic mass is 9.88. The number of likely N-dealkylation sites (tertiary alicyclic amines) is 1. The Hall–Kier alpha value is -2.69. The molecule has 26 heavy (non-hydrogen) atoms. The van der Waals surface area contributed by atoms with Gasteiger partial charge in [-0.3, -0.25) is 9.59 Å². The van der Waals surface area contributed by atoms with E-state index in [0.29, 0.717) is 18.7 Å². The number of nitrogens with zero attached hydrogens (tertiary/aromatic N) is 1. The highest BCUT2D eigenvalue weighted by Gasteiger charge is 2.40. The fourth-order valence-electron chi connectivity index (χ4n) is 3.44. The second-order valence-electron chi connectivity index (χ2n) is 7.00. The summed E-state index contributed by atoms with van der Waals surface area (Å²) >= 11 is 0. The van der Waals surface area contributed by atoms with Crippen LogP contribution >= 0.6 is 0 Å². The van der Waals surface area contributed by atoms with Crippen LogP contribution in [0.5, 0.6) is 0 Å². The van der Waals surface area contributed by atoms with E-state index in [9.17, 15) is 14.0 Å². The van der Waals surface area contributed by atoms with Gasteiger partial charge in [0.1, 0.15) is 5.82 Å². The zero-order valence-electron chi connectivity index (χ0n) is 15.0. The van der Waals surface area contributed by atoms with Gasteiger partial charge in [0.2, 0.25) is 5.91 Å². The quantitative estimate of drug-likeness (QED) is 0.917. The second kappa shape index (κ2) is 7.68. The van der Waals surface area contributed by atoms with E-state index in [2.05, 4.69) is 5.32 Å². The molecular formula is C21H23FN2O2. The van der Waals surface area contributed by atoms with Crippen LogP contribution in [-0.2, 0) is 4.79 Å². The van der Waals surface area contributed by atoms with Crippen LogP contribution in [0.4, 0.5) is 4.39 Å². The summed E-state index contributed by atoms with van der Waals surface area (Å²) < 4.78 is 13.3. The van der Waals surface area contributed by atoms with Gasteiger partial charge in [-0.1, -0.05) is 30.3 Å². The van der Waals surface area contributed by atoms with Crippen molar-refractivity contribution in [3.63, 3.8) is 0 Å². The SMILES string of the molecule is CC(C)NC(=O)C1CN(C(=O)c2ccccc2)CC1c1ccc(F)cc1. The van der Waals surface area contributed by atoms with Crippen LogP contribution in [0, 0.1) is 11.7 Å². The number of carbonyl (C=O) groups is 2. The Morgan fingerprint density at radius 2 is 1.69 bits per heavy atom. The van der Waals surface area contributed by atoms with Crippen LogP contribution in [0.1, 0.15) is 35.7 Å². The third-order valence-electron chi connectivity index (χ3n) is 4.69. The molecule has 0 aromatic heterocycles. The first-order valence-corrected chi connectivity index (χ1v) is 8.86. The van der Waals surface area contributed by atoms with E-state index < -0.39 is 0 Å². The van der Waals surface area contributed by atoms with Crippen molar-refractivity contribution < 1.29 is 14.0 Å². The van der Waals surface area contributed by atoms with Gasteiger partial charge in [0.15, 0.2) is 0 Å².